The molecule has 6 heteroatoms. The number of rotatable bonds is 7. The Bertz CT molecular complexity index is 549. The van der Waals surface area contributed by atoms with E-state index in [1.165, 1.54) is 5.56 Å². The van der Waals surface area contributed by atoms with Crippen molar-refractivity contribution in [1.29, 1.82) is 0 Å². The van der Waals surface area contributed by atoms with E-state index < -0.39 is 10.0 Å². The molecule has 1 aromatic rings. The van der Waals surface area contributed by atoms with Gasteiger partial charge in [0.15, 0.2) is 0 Å². The lowest BCUT2D eigenvalue weighted by Gasteiger charge is -2.27. The van der Waals surface area contributed by atoms with Crippen LogP contribution in [-0.4, -0.2) is 52.6 Å². The predicted octanol–water partition coefficient (Wildman–Crippen LogP) is 1.07. The van der Waals surface area contributed by atoms with E-state index in [1.807, 2.05) is 12.1 Å². The van der Waals surface area contributed by atoms with Crippen LogP contribution < -0.4 is 10.0 Å². The van der Waals surface area contributed by atoms with E-state index in [2.05, 4.69) is 28.8 Å². The van der Waals surface area contributed by atoms with Crippen molar-refractivity contribution >= 4 is 10.0 Å². The summed E-state index contributed by atoms with van der Waals surface area (Å²) in [5, 5.41) is 3.29. The highest BCUT2D eigenvalue weighted by Crippen LogP contribution is 2.13. The molecule has 5 nitrogen and oxygen atoms in total. The van der Waals surface area contributed by atoms with Gasteiger partial charge < -0.3 is 5.32 Å². The van der Waals surface area contributed by atoms with Crippen molar-refractivity contribution in [3.8, 4) is 0 Å². The molecular weight excluding hydrogens is 298 g/mol. The van der Waals surface area contributed by atoms with Crippen LogP contribution in [0.5, 0.6) is 0 Å². The van der Waals surface area contributed by atoms with Gasteiger partial charge in [-0.1, -0.05) is 26.0 Å². The van der Waals surface area contributed by atoms with Gasteiger partial charge in [0.05, 0.1) is 4.90 Å². The van der Waals surface area contributed by atoms with Gasteiger partial charge in [-0.2, -0.15) is 0 Å². The number of benzene rings is 1. The lowest BCUT2D eigenvalue weighted by Crippen LogP contribution is -2.46. The molecule has 0 unspecified atom stereocenters. The molecule has 1 aromatic carbocycles. The Hall–Kier alpha value is -0.950. The SMILES string of the molecule is CC(C)Cc1ccc(S(=O)(=O)NCCN2CCNCC2)cc1. The summed E-state index contributed by atoms with van der Waals surface area (Å²) in [5.74, 6) is 0.569. The van der Waals surface area contributed by atoms with Gasteiger partial charge in [0.1, 0.15) is 0 Å². The fourth-order valence-electron chi connectivity index (χ4n) is 2.63. The average Bonchev–Trinajstić information content (AvgIpc) is 2.48. The van der Waals surface area contributed by atoms with Crippen LogP contribution in [0.1, 0.15) is 19.4 Å². The molecular formula is C16H27N3O2S. The fraction of sp³-hybridized carbons (Fsp3) is 0.625. The van der Waals surface area contributed by atoms with Gasteiger partial charge in [-0.05, 0) is 30.0 Å². The largest absolute Gasteiger partial charge is 0.314 e. The summed E-state index contributed by atoms with van der Waals surface area (Å²) in [4.78, 5) is 2.62. The van der Waals surface area contributed by atoms with E-state index >= 15 is 0 Å². The first-order valence-electron chi connectivity index (χ1n) is 7.99. The number of hydrogen-bond donors (Lipinski definition) is 2. The van der Waals surface area contributed by atoms with Crippen LogP contribution in [0.4, 0.5) is 0 Å². The molecule has 124 valence electrons. The lowest BCUT2D eigenvalue weighted by molar-refractivity contribution is 0.245. The molecule has 0 atom stereocenters. The van der Waals surface area contributed by atoms with Crippen LogP contribution in [0.25, 0.3) is 0 Å². The Kier molecular flexibility index (Phi) is 6.37. The van der Waals surface area contributed by atoms with Gasteiger partial charge in [-0.3, -0.25) is 4.90 Å². The summed E-state index contributed by atoms with van der Waals surface area (Å²) in [6.07, 6.45) is 0.969. The van der Waals surface area contributed by atoms with Gasteiger partial charge in [0, 0.05) is 39.3 Å². The number of nitrogens with zero attached hydrogens (tertiary/aromatic N) is 1. The highest BCUT2D eigenvalue weighted by molar-refractivity contribution is 7.89. The maximum absolute atomic E-state index is 12.3. The van der Waals surface area contributed by atoms with Crippen molar-refractivity contribution in [2.24, 2.45) is 5.92 Å². The van der Waals surface area contributed by atoms with Crippen molar-refractivity contribution in [3.05, 3.63) is 29.8 Å². The number of hydrogen-bond acceptors (Lipinski definition) is 4. The van der Waals surface area contributed by atoms with Crippen molar-refractivity contribution in [2.45, 2.75) is 25.2 Å². The third-order valence-corrected chi connectivity index (χ3v) is 5.28. The number of nitrogens with one attached hydrogen (secondary N) is 2. The first kappa shape index (κ1) is 17.4. The molecule has 1 aliphatic rings. The summed E-state index contributed by atoms with van der Waals surface area (Å²) >= 11 is 0. The molecule has 0 saturated carbocycles. The van der Waals surface area contributed by atoms with E-state index in [0.29, 0.717) is 17.4 Å². The van der Waals surface area contributed by atoms with Gasteiger partial charge in [0.25, 0.3) is 0 Å². The zero-order chi connectivity index (χ0) is 16.0. The molecule has 2 N–H and O–H groups in total. The number of piperazine rings is 1. The van der Waals surface area contributed by atoms with E-state index in [0.717, 1.165) is 39.1 Å². The van der Waals surface area contributed by atoms with Gasteiger partial charge >= 0.3 is 0 Å². The molecule has 1 fully saturated rings. The maximum atomic E-state index is 12.3. The molecule has 1 saturated heterocycles. The zero-order valence-corrected chi connectivity index (χ0v) is 14.3. The molecule has 0 spiro atoms. The summed E-state index contributed by atoms with van der Waals surface area (Å²) in [6.45, 7) is 9.43. The topological polar surface area (TPSA) is 61.4 Å². The molecule has 22 heavy (non-hydrogen) atoms. The van der Waals surface area contributed by atoms with Crippen LogP contribution in [0.3, 0.4) is 0 Å². The summed E-state index contributed by atoms with van der Waals surface area (Å²) in [6, 6.07) is 7.21. The normalized spacial score (nSPS) is 17.0. The van der Waals surface area contributed by atoms with Crippen molar-refractivity contribution in [3.63, 3.8) is 0 Å². The summed E-state index contributed by atoms with van der Waals surface area (Å²) in [5.41, 5.74) is 1.18. The van der Waals surface area contributed by atoms with Crippen LogP contribution >= 0.6 is 0 Å². The first-order chi connectivity index (χ1) is 10.5. The van der Waals surface area contributed by atoms with Crippen LogP contribution in [0.15, 0.2) is 29.2 Å². The highest BCUT2D eigenvalue weighted by atomic mass is 32.2. The Morgan fingerprint density at radius 2 is 1.82 bits per heavy atom. The Labute approximate surface area is 134 Å². The van der Waals surface area contributed by atoms with Crippen molar-refractivity contribution in [2.75, 3.05) is 39.3 Å². The second kappa shape index (κ2) is 8.06. The molecule has 1 heterocycles. The van der Waals surface area contributed by atoms with Crippen molar-refractivity contribution in [1.82, 2.24) is 14.9 Å². The smallest absolute Gasteiger partial charge is 0.240 e. The lowest BCUT2D eigenvalue weighted by atomic mass is 10.0. The Morgan fingerprint density at radius 1 is 1.18 bits per heavy atom. The molecule has 0 radical (unpaired) electrons. The summed E-state index contributed by atoms with van der Waals surface area (Å²) in [7, 11) is -3.40. The van der Waals surface area contributed by atoms with Gasteiger partial charge in [0.2, 0.25) is 10.0 Å². The summed E-state index contributed by atoms with van der Waals surface area (Å²) < 4.78 is 27.2. The molecule has 1 aliphatic heterocycles. The minimum Gasteiger partial charge on any atom is -0.314 e. The van der Waals surface area contributed by atoms with Gasteiger partial charge in [-0.15, -0.1) is 0 Å². The number of sulfonamides is 1. The van der Waals surface area contributed by atoms with Crippen LogP contribution in [0, 0.1) is 5.92 Å². The molecule has 0 amide bonds. The van der Waals surface area contributed by atoms with E-state index in [-0.39, 0.29) is 0 Å². The molecule has 0 aromatic heterocycles. The van der Waals surface area contributed by atoms with Gasteiger partial charge in [-0.25, -0.2) is 13.1 Å². The van der Waals surface area contributed by atoms with E-state index in [4.69, 9.17) is 0 Å². The predicted molar refractivity (Wildman–Crippen MR) is 89.5 cm³/mol. The molecule has 2 rings (SSSR count). The second-order valence-corrected chi connectivity index (χ2v) is 8.00. The maximum Gasteiger partial charge on any atom is 0.240 e. The van der Waals surface area contributed by atoms with Crippen LogP contribution in [-0.2, 0) is 16.4 Å². The fourth-order valence-corrected chi connectivity index (χ4v) is 3.65. The first-order valence-corrected chi connectivity index (χ1v) is 9.47. The average molecular weight is 325 g/mol. The standard InChI is InChI=1S/C16H27N3O2S/c1-14(2)13-15-3-5-16(6-4-15)22(20,21)18-9-12-19-10-7-17-8-11-19/h3-6,14,17-18H,7-13H2,1-2H3. The third kappa shape index (κ3) is 5.35. The Morgan fingerprint density at radius 3 is 2.41 bits per heavy atom. The van der Waals surface area contributed by atoms with Crippen LogP contribution in [0.2, 0.25) is 0 Å². The van der Waals surface area contributed by atoms with Crippen molar-refractivity contribution < 1.29 is 8.42 Å². The minimum atomic E-state index is -3.40. The Balaban J connectivity index is 1.86. The van der Waals surface area contributed by atoms with E-state index in [1.54, 1.807) is 12.1 Å². The molecule has 0 aliphatic carbocycles. The monoisotopic (exact) mass is 325 g/mol. The zero-order valence-electron chi connectivity index (χ0n) is 13.5. The minimum absolute atomic E-state index is 0.348. The van der Waals surface area contributed by atoms with E-state index in [9.17, 15) is 8.42 Å². The second-order valence-electron chi connectivity index (χ2n) is 6.23. The third-order valence-electron chi connectivity index (χ3n) is 3.81. The quantitative estimate of drug-likeness (QED) is 0.787. The molecule has 0 bridgehead atoms. The highest BCUT2D eigenvalue weighted by Gasteiger charge is 2.15.